The number of aliphatic hydroxyl groups is 1. The van der Waals surface area contributed by atoms with Gasteiger partial charge in [-0.1, -0.05) is 24.3 Å². The summed E-state index contributed by atoms with van der Waals surface area (Å²) in [5.41, 5.74) is 1.93. The second-order valence-corrected chi connectivity index (χ2v) is 6.15. The monoisotopic (exact) mass is 277 g/mol. The first kappa shape index (κ1) is 14.9. The van der Waals surface area contributed by atoms with E-state index in [1.165, 1.54) is 11.1 Å². The Morgan fingerprint density at radius 3 is 2.75 bits per heavy atom. The summed E-state index contributed by atoms with van der Waals surface area (Å²) < 4.78 is 5.46. The maximum absolute atomic E-state index is 12.3. The molecule has 1 N–H and O–H groups in total. The summed E-state index contributed by atoms with van der Waals surface area (Å²) in [4.78, 5) is 14.0. The van der Waals surface area contributed by atoms with Crippen molar-refractivity contribution in [3.8, 4) is 0 Å². The van der Waals surface area contributed by atoms with Crippen LogP contribution < -0.4 is 0 Å². The molecule has 2 rings (SSSR count). The van der Waals surface area contributed by atoms with Gasteiger partial charge in [0.2, 0.25) is 0 Å². The number of ether oxygens (including phenoxy) is 1. The van der Waals surface area contributed by atoms with Crippen molar-refractivity contribution in [1.29, 1.82) is 0 Å². The number of carbonyl (C=O) groups is 1. The van der Waals surface area contributed by atoms with Crippen molar-refractivity contribution in [3.05, 3.63) is 35.4 Å². The molecule has 0 spiro atoms. The number of hydrogen-bond donors (Lipinski definition) is 1. The highest BCUT2D eigenvalue weighted by atomic mass is 16.6. The second kappa shape index (κ2) is 5.83. The summed E-state index contributed by atoms with van der Waals surface area (Å²) in [5, 5.41) is 9.24. The van der Waals surface area contributed by atoms with Gasteiger partial charge in [0, 0.05) is 6.54 Å². The molecule has 1 aromatic rings. The van der Waals surface area contributed by atoms with E-state index in [9.17, 15) is 9.90 Å². The van der Waals surface area contributed by atoms with E-state index in [0.717, 1.165) is 12.8 Å². The SMILES string of the molecule is CC(C)(C)OC(=O)N(CCO)[C@H]1CCc2ccccc21. The Bertz CT molecular complexity index is 479. The molecular weight excluding hydrogens is 254 g/mol. The number of aliphatic hydroxyl groups excluding tert-OH is 1. The van der Waals surface area contributed by atoms with Gasteiger partial charge in [0.1, 0.15) is 5.60 Å². The highest BCUT2D eigenvalue weighted by Gasteiger charge is 2.33. The predicted molar refractivity (Wildman–Crippen MR) is 77.5 cm³/mol. The van der Waals surface area contributed by atoms with Gasteiger partial charge in [0.15, 0.2) is 0 Å². The van der Waals surface area contributed by atoms with Crippen LogP contribution in [-0.2, 0) is 11.2 Å². The number of nitrogens with zero attached hydrogens (tertiary/aromatic N) is 1. The summed E-state index contributed by atoms with van der Waals surface area (Å²) in [6.07, 6.45) is 1.50. The van der Waals surface area contributed by atoms with Gasteiger partial charge < -0.3 is 9.84 Å². The Morgan fingerprint density at radius 1 is 1.40 bits per heavy atom. The Labute approximate surface area is 120 Å². The highest BCUT2D eigenvalue weighted by molar-refractivity contribution is 5.69. The molecule has 4 nitrogen and oxygen atoms in total. The summed E-state index contributed by atoms with van der Waals surface area (Å²) in [5.74, 6) is 0. The number of fused-ring (bicyclic) bond motifs is 1. The van der Waals surface area contributed by atoms with Gasteiger partial charge in [-0.3, -0.25) is 4.90 Å². The third-order valence-corrected chi connectivity index (χ3v) is 3.45. The smallest absolute Gasteiger partial charge is 0.410 e. The Hall–Kier alpha value is -1.55. The number of amides is 1. The zero-order chi connectivity index (χ0) is 14.8. The minimum atomic E-state index is -0.525. The van der Waals surface area contributed by atoms with E-state index in [1.807, 2.05) is 32.9 Å². The molecule has 20 heavy (non-hydrogen) atoms. The fraction of sp³-hybridized carbons (Fsp3) is 0.562. The van der Waals surface area contributed by atoms with Crippen molar-refractivity contribution < 1.29 is 14.6 Å². The molecule has 0 unspecified atom stereocenters. The van der Waals surface area contributed by atoms with Crippen molar-refractivity contribution in [2.75, 3.05) is 13.2 Å². The number of carbonyl (C=O) groups excluding carboxylic acids is 1. The van der Waals surface area contributed by atoms with E-state index in [0.29, 0.717) is 6.54 Å². The first-order valence-electron chi connectivity index (χ1n) is 7.10. The standard InChI is InChI=1S/C16H23NO3/c1-16(2,3)20-15(19)17(10-11-18)14-9-8-12-6-4-5-7-13(12)14/h4-7,14,18H,8-11H2,1-3H3/t14-/m0/s1. The first-order chi connectivity index (χ1) is 9.42. The van der Waals surface area contributed by atoms with Crippen LogP contribution in [0.3, 0.4) is 0 Å². The zero-order valence-corrected chi connectivity index (χ0v) is 12.4. The largest absolute Gasteiger partial charge is 0.444 e. The van der Waals surface area contributed by atoms with E-state index in [2.05, 4.69) is 12.1 Å². The Balaban J connectivity index is 2.20. The number of benzene rings is 1. The van der Waals surface area contributed by atoms with Crippen LogP contribution in [0.1, 0.15) is 44.4 Å². The molecule has 1 aliphatic carbocycles. The fourth-order valence-electron chi connectivity index (χ4n) is 2.66. The molecular formula is C16H23NO3. The van der Waals surface area contributed by atoms with Gasteiger partial charge in [-0.05, 0) is 44.7 Å². The molecule has 0 aliphatic heterocycles. The minimum Gasteiger partial charge on any atom is -0.444 e. The fourth-order valence-corrected chi connectivity index (χ4v) is 2.66. The lowest BCUT2D eigenvalue weighted by molar-refractivity contribution is 0.0121. The van der Waals surface area contributed by atoms with Crippen molar-refractivity contribution in [3.63, 3.8) is 0 Å². The van der Waals surface area contributed by atoms with E-state index < -0.39 is 5.60 Å². The number of hydrogen-bond acceptors (Lipinski definition) is 3. The average molecular weight is 277 g/mol. The molecule has 1 aliphatic rings. The number of rotatable bonds is 3. The molecule has 110 valence electrons. The normalized spacial score (nSPS) is 17.7. The van der Waals surface area contributed by atoms with Crippen LogP contribution in [0.2, 0.25) is 0 Å². The summed E-state index contributed by atoms with van der Waals surface area (Å²) >= 11 is 0. The highest BCUT2D eigenvalue weighted by Crippen LogP contribution is 2.36. The van der Waals surface area contributed by atoms with E-state index in [4.69, 9.17) is 4.74 Å². The maximum Gasteiger partial charge on any atom is 0.410 e. The van der Waals surface area contributed by atoms with Gasteiger partial charge >= 0.3 is 6.09 Å². The number of aryl methyl sites for hydroxylation is 1. The van der Waals surface area contributed by atoms with Gasteiger partial charge in [-0.15, -0.1) is 0 Å². The van der Waals surface area contributed by atoms with Crippen molar-refractivity contribution >= 4 is 6.09 Å². The third kappa shape index (κ3) is 3.31. The molecule has 0 saturated heterocycles. The van der Waals surface area contributed by atoms with Crippen LogP contribution in [0.4, 0.5) is 4.79 Å². The average Bonchev–Trinajstić information content (AvgIpc) is 2.77. The van der Waals surface area contributed by atoms with E-state index in [1.54, 1.807) is 4.90 Å². The van der Waals surface area contributed by atoms with Crippen molar-refractivity contribution in [1.82, 2.24) is 4.90 Å². The lowest BCUT2D eigenvalue weighted by Crippen LogP contribution is -2.40. The Morgan fingerprint density at radius 2 is 2.10 bits per heavy atom. The van der Waals surface area contributed by atoms with Crippen LogP contribution in [0.5, 0.6) is 0 Å². The van der Waals surface area contributed by atoms with Gasteiger partial charge in [-0.2, -0.15) is 0 Å². The van der Waals surface area contributed by atoms with Gasteiger partial charge in [0.05, 0.1) is 12.6 Å². The summed E-state index contributed by atoms with van der Waals surface area (Å²) in [6, 6.07) is 8.17. The lowest BCUT2D eigenvalue weighted by Gasteiger charge is -2.31. The third-order valence-electron chi connectivity index (χ3n) is 3.45. The van der Waals surface area contributed by atoms with Gasteiger partial charge in [-0.25, -0.2) is 4.79 Å². The molecule has 4 heteroatoms. The van der Waals surface area contributed by atoms with Crippen LogP contribution in [-0.4, -0.2) is 34.9 Å². The van der Waals surface area contributed by atoms with Crippen molar-refractivity contribution in [2.24, 2.45) is 0 Å². The lowest BCUT2D eigenvalue weighted by atomic mass is 10.1. The molecule has 1 atom stereocenters. The zero-order valence-electron chi connectivity index (χ0n) is 12.4. The van der Waals surface area contributed by atoms with E-state index in [-0.39, 0.29) is 18.7 Å². The molecule has 0 bridgehead atoms. The van der Waals surface area contributed by atoms with E-state index >= 15 is 0 Å². The van der Waals surface area contributed by atoms with Crippen LogP contribution in [0.15, 0.2) is 24.3 Å². The quantitative estimate of drug-likeness (QED) is 0.924. The first-order valence-corrected chi connectivity index (χ1v) is 7.10. The van der Waals surface area contributed by atoms with Crippen LogP contribution in [0.25, 0.3) is 0 Å². The maximum atomic E-state index is 12.3. The molecule has 1 aromatic carbocycles. The topological polar surface area (TPSA) is 49.8 Å². The molecule has 0 radical (unpaired) electrons. The van der Waals surface area contributed by atoms with Crippen LogP contribution in [0, 0.1) is 0 Å². The summed E-state index contributed by atoms with van der Waals surface area (Å²) in [6.45, 7) is 5.80. The minimum absolute atomic E-state index is 0.00759. The summed E-state index contributed by atoms with van der Waals surface area (Å²) in [7, 11) is 0. The predicted octanol–water partition coefficient (Wildman–Crippen LogP) is 2.90. The molecule has 1 amide bonds. The molecule has 0 heterocycles. The Kier molecular flexibility index (Phi) is 4.33. The second-order valence-electron chi connectivity index (χ2n) is 6.15. The van der Waals surface area contributed by atoms with Crippen molar-refractivity contribution in [2.45, 2.75) is 45.3 Å². The molecule has 0 aromatic heterocycles. The molecule has 0 saturated carbocycles. The van der Waals surface area contributed by atoms with Gasteiger partial charge in [0.25, 0.3) is 0 Å². The van der Waals surface area contributed by atoms with Crippen LogP contribution >= 0.6 is 0 Å². The molecule has 0 fully saturated rings.